The summed E-state index contributed by atoms with van der Waals surface area (Å²) in [6.45, 7) is 2.82. The first kappa shape index (κ1) is 16.8. The molecule has 5 heteroatoms. The summed E-state index contributed by atoms with van der Waals surface area (Å²) in [6.07, 6.45) is 1.65. The highest BCUT2D eigenvalue weighted by molar-refractivity contribution is 5.83. The van der Waals surface area contributed by atoms with Crippen LogP contribution in [-0.2, 0) is 16.1 Å². The van der Waals surface area contributed by atoms with Crippen molar-refractivity contribution in [2.24, 2.45) is 5.41 Å². The SMILES string of the molecule is COCC1(C(=O)N(C)Cc2ccc(OC)cc2)CCNCC1. The smallest absolute Gasteiger partial charge is 0.231 e. The summed E-state index contributed by atoms with van der Waals surface area (Å²) in [5, 5.41) is 3.31. The second-order valence-electron chi connectivity index (χ2n) is 5.97. The lowest BCUT2D eigenvalue weighted by Gasteiger charge is -2.38. The fourth-order valence-electron chi connectivity index (χ4n) is 3.08. The Morgan fingerprint density at radius 3 is 2.41 bits per heavy atom. The van der Waals surface area contributed by atoms with Crippen LogP contribution in [0.1, 0.15) is 18.4 Å². The Balaban J connectivity index is 2.05. The third-order valence-corrected chi connectivity index (χ3v) is 4.36. The quantitative estimate of drug-likeness (QED) is 0.868. The van der Waals surface area contributed by atoms with E-state index in [9.17, 15) is 4.79 Å². The molecule has 1 heterocycles. The van der Waals surface area contributed by atoms with Crippen molar-refractivity contribution in [1.29, 1.82) is 0 Å². The van der Waals surface area contributed by atoms with Crippen LogP contribution in [0.15, 0.2) is 24.3 Å². The molecule has 2 rings (SSSR count). The Morgan fingerprint density at radius 1 is 1.23 bits per heavy atom. The first-order chi connectivity index (χ1) is 10.6. The first-order valence-electron chi connectivity index (χ1n) is 7.69. The number of nitrogens with one attached hydrogen (secondary N) is 1. The Kier molecular flexibility index (Phi) is 5.80. The topological polar surface area (TPSA) is 50.8 Å². The Labute approximate surface area is 132 Å². The standard InChI is InChI=1S/C17H26N2O3/c1-19(12-14-4-6-15(22-3)7-5-14)16(20)17(13-21-2)8-10-18-11-9-17/h4-7,18H,8-13H2,1-3H3. The Morgan fingerprint density at radius 2 is 1.86 bits per heavy atom. The van der Waals surface area contributed by atoms with E-state index in [4.69, 9.17) is 9.47 Å². The maximum Gasteiger partial charge on any atom is 0.231 e. The first-order valence-corrected chi connectivity index (χ1v) is 7.69. The summed E-state index contributed by atoms with van der Waals surface area (Å²) in [5.74, 6) is 0.999. The number of rotatable bonds is 6. The number of carbonyl (C=O) groups is 1. The van der Waals surface area contributed by atoms with Crippen LogP contribution in [-0.4, -0.2) is 51.8 Å². The van der Waals surface area contributed by atoms with Gasteiger partial charge in [-0.25, -0.2) is 0 Å². The van der Waals surface area contributed by atoms with E-state index in [-0.39, 0.29) is 11.3 Å². The van der Waals surface area contributed by atoms with Gasteiger partial charge >= 0.3 is 0 Å². The molecule has 1 aromatic carbocycles. The number of benzene rings is 1. The van der Waals surface area contributed by atoms with E-state index in [1.807, 2.05) is 36.2 Å². The fraction of sp³-hybridized carbons (Fsp3) is 0.588. The van der Waals surface area contributed by atoms with E-state index in [0.29, 0.717) is 13.2 Å². The highest BCUT2D eigenvalue weighted by Crippen LogP contribution is 2.31. The molecule has 1 N–H and O–H groups in total. The molecule has 0 unspecified atom stereocenters. The van der Waals surface area contributed by atoms with Crippen molar-refractivity contribution in [3.8, 4) is 5.75 Å². The van der Waals surface area contributed by atoms with E-state index in [0.717, 1.165) is 37.2 Å². The number of amides is 1. The number of ether oxygens (including phenoxy) is 2. The molecule has 1 aromatic rings. The van der Waals surface area contributed by atoms with E-state index < -0.39 is 0 Å². The van der Waals surface area contributed by atoms with Gasteiger partial charge in [0.25, 0.3) is 0 Å². The summed E-state index contributed by atoms with van der Waals surface area (Å²) in [6, 6.07) is 7.83. The van der Waals surface area contributed by atoms with Crippen molar-refractivity contribution < 1.29 is 14.3 Å². The zero-order valence-corrected chi connectivity index (χ0v) is 13.7. The number of methoxy groups -OCH3 is 2. The van der Waals surface area contributed by atoms with Gasteiger partial charge in [0, 0.05) is 20.7 Å². The maximum absolute atomic E-state index is 12.9. The van der Waals surface area contributed by atoms with Crippen LogP contribution in [0.5, 0.6) is 5.75 Å². The van der Waals surface area contributed by atoms with Crippen LogP contribution in [0, 0.1) is 5.41 Å². The molecule has 122 valence electrons. The van der Waals surface area contributed by atoms with Crippen molar-refractivity contribution in [3.05, 3.63) is 29.8 Å². The van der Waals surface area contributed by atoms with E-state index in [1.165, 1.54) is 0 Å². The highest BCUT2D eigenvalue weighted by atomic mass is 16.5. The van der Waals surface area contributed by atoms with Crippen LogP contribution in [0.3, 0.4) is 0 Å². The molecule has 0 aromatic heterocycles. The molecule has 22 heavy (non-hydrogen) atoms. The average molecular weight is 306 g/mol. The molecule has 1 saturated heterocycles. The number of nitrogens with zero attached hydrogens (tertiary/aromatic N) is 1. The summed E-state index contributed by atoms with van der Waals surface area (Å²) in [7, 11) is 5.18. The minimum atomic E-state index is -0.388. The van der Waals surface area contributed by atoms with Crippen molar-refractivity contribution in [1.82, 2.24) is 10.2 Å². The summed E-state index contributed by atoms with van der Waals surface area (Å²) < 4.78 is 10.5. The molecule has 0 radical (unpaired) electrons. The van der Waals surface area contributed by atoms with Gasteiger partial charge in [0.15, 0.2) is 0 Å². The Bertz CT molecular complexity index is 476. The monoisotopic (exact) mass is 306 g/mol. The lowest BCUT2D eigenvalue weighted by Crippen LogP contribution is -2.50. The summed E-state index contributed by atoms with van der Waals surface area (Å²) >= 11 is 0. The zero-order valence-electron chi connectivity index (χ0n) is 13.7. The third kappa shape index (κ3) is 3.78. The molecule has 1 aliphatic rings. The molecule has 0 bridgehead atoms. The van der Waals surface area contributed by atoms with Crippen molar-refractivity contribution in [3.63, 3.8) is 0 Å². The van der Waals surface area contributed by atoms with Gasteiger partial charge in [-0.05, 0) is 43.6 Å². The molecule has 0 aliphatic carbocycles. The van der Waals surface area contributed by atoms with E-state index in [1.54, 1.807) is 14.2 Å². The number of piperidine rings is 1. The molecular formula is C17H26N2O3. The van der Waals surface area contributed by atoms with E-state index >= 15 is 0 Å². The highest BCUT2D eigenvalue weighted by Gasteiger charge is 2.41. The van der Waals surface area contributed by atoms with Crippen molar-refractivity contribution in [2.45, 2.75) is 19.4 Å². The van der Waals surface area contributed by atoms with Crippen LogP contribution < -0.4 is 10.1 Å². The van der Waals surface area contributed by atoms with Gasteiger partial charge < -0.3 is 19.7 Å². The van der Waals surface area contributed by atoms with Gasteiger partial charge in [0.05, 0.1) is 19.1 Å². The largest absolute Gasteiger partial charge is 0.497 e. The van der Waals surface area contributed by atoms with E-state index in [2.05, 4.69) is 5.32 Å². The minimum absolute atomic E-state index is 0.173. The van der Waals surface area contributed by atoms with Crippen LogP contribution in [0.4, 0.5) is 0 Å². The third-order valence-electron chi connectivity index (χ3n) is 4.36. The van der Waals surface area contributed by atoms with Gasteiger partial charge in [-0.1, -0.05) is 12.1 Å². The molecule has 1 fully saturated rings. The van der Waals surface area contributed by atoms with Gasteiger partial charge in [0.2, 0.25) is 5.91 Å². The van der Waals surface area contributed by atoms with Crippen molar-refractivity contribution in [2.75, 3.05) is 41.0 Å². The zero-order chi connectivity index (χ0) is 16.0. The van der Waals surface area contributed by atoms with Crippen LogP contribution in [0.2, 0.25) is 0 Å². The molecule has 0 spiro atoms. The van der Waals surface area contributed by atoms with Gasteiger partial charge in [-0.3, -0.25) is 4.79 Å². The minimum Gasteiger partial charge on any atom is -0.497 e. The molecule has 1 amide bonds. The molecule has 1 aliphatic heterocycles. The van der Waals surface area contributed by atoms with Gasteiger partial charge in [-0.2, -0.15) is 0 Å². The number of carbonyl (C=O) groups excluding carboxylic acids is 1. The predicted molar refractivity (Wildman–Crippen MR) is 85.9 cm³/mol. The normalized spacial score (nSPS) is 17.0. The second kappa shape index (κ2) is 7.61. The molecule has 0 saturated carbocycles. The molecule has 5 nitrogen and oxygen atoms in total. The molecule has 0 atom stereocenters. The number of hydrogen-bond donors (Lipinski definition) is 1. The Hall–Kier alpha value is -1.59. The molecular weight excluding hydrogens is 280 g/mol. The summed E-state index contributed by atoms with van der Waals surface area (Å²) in [4.78, 5) is 14.7. The number of hydrogen-bond acceptors (Lipinski definition) is 4. The van der Waals surface area contributed by atoms with Crippen LogP contribution >= 0.6 is 0 Å². The fourth-order valence-corrected chi connectivity index (χ4v) is 3.08. The van der Waals surface area contributed by atoms with Gasteiger partial charge in [-0.15, -0.1) is 0 Å². The van der Waals surface area contributed by atoms with Crippen LogP contribution in [0.25, 0.3) is 0 Å². The van der Waals surface area contributed by atoms with Gasteiger partial charge in [0.1, 0.15) is 5.75 Å². The summed E-state index contributed by atoms with van der Waals surface area (Å²) in [5.41, 5.74) is 0.708. The second-order valence-corrected chi connectivity index (χ2v) is 5.97. The maximum atomic E-state index is 12.9. The average Bonchev–Trinajstić information content (AvgIpc) is 2.56. The predicted octanol–water partition coefficient (Wildman–Crippen LogP) is 1.67. The van der Waals surface area contributed by atoms with Crippen molar-refractivity contribution >= 4 is 5.91 Å². The lowest BCUT2D eigenvalue weighted by atomic mass is 9.78. The lowest BCUT2D eigenvalue weighted by molar-refractivity contribution is -0.146.